The number of nitrogens with two attached hydrogens (primary N) is 1. The molecule has 1 saturated carbocycles. The van der Waals surface area contributed by atoms with Gasteiger partial charge in [-0.2, -0.15) is 0 Å². The fraction of sp³-hybridized carbons (Fsp3) is 0.938. The molecule has 0 spiro atoms. The largest absolute Gasteiger partial charge is 0.352 e. The molecule has 0 aromatic carbocycles. The van der Waals surface area contributed by atoms with Gasteiger partial charge >= 0.3 is 0 Å². The lowest BCUT2D eigenvalue weighted by Gasteiger charge is -2.34. The number of rotatable bonds is 5. The van der Waals surface area contributed by atoms with Crippen LogP contribution in [-0.2, 0) is 4.79 Å². The average Bonchev–Trinajstić information content (AvgIpc) is 2.42. The van der Waals surface area contributed by atoms with Crippen LogP contribution in [0.5, 0.6) is 0 Å². The molecule has 0 aromatic heterocycles. The van der Waals surface area contributed by atoms with E-state index < -0.39 is 0 Å². The van der Waals surface area contributed by atoms with Gasteiger partial charge in [-0.1, -0.05) is 19.8 Å². The van der Waals surface area contributed by atoms with Gasteiger partial charge in [0.2, 0.25) is 5.91 Å². The first-order valence-electron chi connectivity index (χ1n) is 8.41. The molecule has 1 amide bonds. The Kier molecular flexibility index (Phi) is 6.30. The van der Waals surface area contributed by atoms with Gasteiger partial charge in [0, 0.05) is 12.6 Å². The number of carbonyl (C=O) groups excluding carboxylic acids is 1. The van der Waals surface area contributed by atoms with E-state index in [2.05, 4.69) is 17.1 Å². The minimum Gasteiger partial charge on any atom is -0.352 e. The third-order valence-electron chi connectivity index (χ3n) is 5.00. The van der Waals surface area contributed by atoms with Gasteiger partial charge in [-0.15, -0.1) is 0 Å². The lowest BCUT2D eigenvalue weighted by Crippen LogP contribution is -2.47. The third kappa shape index (κ3) is 4.74. The number of hydrogen-bond donors (Lipinski definition) is 2. The van der Waals surface area contributed by atoms with Gasteiger partial charge in [-0.3, -0.25) is 9.69 Å². The fourth-order valence-electron chi connectivity index (χ4n) is 3.75. The topological polar surface area (TPSA) is 58.4 Å². The zero-order valence-electron chi connectivity index (χ0n) is 12.9. The smallest absolute Gasteiger partial charge is 0.234 e. The van der Waals surface area contributed by atoms with Crippen LogP contribution in [0.1, 0.15) is 51.9 Å². The van der Waals surface area contributed by atoms with E-state index in [4.69, 9.17) is 5.73 Å². The van der Waals surface area contributed by atoms with Gasteiger partial charge in [0.05, 0.1) is 6.54 Å². The van der Waals surface area contributed by atoms with Crippen LogP contribution >= 0.6 is 0 Å². The van der Waals surface area contributed by atoms with Crippen LogP contribution in [0.4, 0.5) is 0 Å². The first-order chi connectivity index (χ1) is 9.69. The van der Waals surface area contributed by atoms with Crippen LogP contribution in [0.15, 0.2) is 0 Å². The summed E-state index contributed by atoms with van der Waals surface area (Å²) in [6.45, 7) is 5.72. The summed E-state index contributed by atoms with van der Waals surface area (Å²) < 4.78 is 0. The number of nitrogens with zero attached hydrogens (tertiary/aromatic N) is 1. The van der Waals surface area contributed by atoms with Crippen molar-refractivity contribution in [3.05, 3.63) is 0 Å². The lowest BCUT2D eigenvalue weighted by molar-refractivity contribution is -0.124. The van der Waals surface area contributed by atoms with Crippen molar-refractivity contribution in [1.29, 1.82) is 0 Å². The van der Waals surface area contributed by atoms with Crippen LogP contribution in [-0.4, -0.2) is 43.0 Å². The van der Waals surface area contributed by atoms with E-state index in [0.717, 1.165) is 32.5 Å². The highest BCUT2D eigenvalue weighted by atomic mass is 16.2. The zero-order chi connectivity index (χ0) is 14.4. The molecule has 3 atom stereocenters. The molecule has 0 aromatic rings. The van der Waals surface area contributed by atoms with Crippen molar-refractivity contribution in [2.45, 2.75) is 57.9 Å². The molecule has 1 aliphatic carbocycles. The third-order valence-corrected chi connectivity index (χ3v) is 5.00. The molecule has 0 bridgehead atoms. The summed E-state index contributed by atoms with van der Waals surface area (Å²) in [7, 11) is 0. The maximum Gasteiger partial charge on any atom is 0.234 e. The predicted molar refractivity (Wildman–Crippen MR) is 82.4 cm³/mol. The first kappa shape index (κ1) is 15.8. The molecule has 4 nitrogen and oxygen atoms in total. The highest BCUT2D eigenvalue weighted by molar-refractivity contribution is 5.78. The Balaban J connectivity index is 1.73. The minimum absolute atomic E-state index is 0.220. The normalized spacial score (nSPS) is 32.0. The second-order valence-corrected chi connectivity index (χ2v) is 6.76. The number of likely N-dealkylation sites (tertiary alicyclic amines) is 1. The quantitative estimate of drug-likeness (QED) is 0.807. The number of piperidine rings is 1. The average molecular weight is 281 g/mol. The Hall–Kier alpha value is -0.610. The van der Waals surface area contributed by atoms with Crippen LogP contribution in [0.2, 0.25) is 0 Å². The van der Waals surface area contributed by atoms with E-state index in [1.54, 1.807) is 0 Å². The molecule has 20 heavy (non-hydrogen) atoms. The zero-order valence-corrected chi connectivity index (χ0v) is 12.9. The minimum atomic E-state index is 0.220. The van der Waals surface area contributed by atoms with E-state index in [-0.39, 0.29) is 5.91 Å². The molecule has 1 saturated heterocycles. The molecule has 1 heterocycles. The van der Waals surface area contributed by atoms with Gasteiger partial charge in [0.25, 0.3) is 0 Å². The number of amides is 1. The fourth-order valence-corrected chi connectivity index (χ4v) is 3.75. The van der Waals surface area contributed by atoms with E-state index >= 15 is 0 Å². The summed E-state index contributed by atoms with van der Waals surface area (Å²) in [5.74, 6) is 1.55. The predicted octanol–water partition coefficient (Wildman–Crippen LogP) is 1.74. The van der Waals surface area contributed by atoms with Crippen LogP contribution in [0, 0.1) is 11.8 Å². The number of nitrogens with one attached hydrogen (secondary N) is 1. The first-order valence-corrected chi connectivity index (χ1v) is 8.41. The Labute approximate surface area is 123 Å². The molecule has 2 rings (SSSR count). The summed E-state index contributed by atoms with van der Waals surface area (Å²) >= 11 is 0. The van der Waals surface area contributed by atoms with Crippen molar-refractivity contribution < 1.29 is 4.79 Å². The summed E-state index contributed by atoms with van der Waals surface area (Å²) in [5.41, 5.74) is 5.65. The van der Waals surface area contributed by atoms with E-state index in [9.17, 15) is 4.79 Å². The molecule has 2 aliphatic rings. The molecule has 2 fully saturated rings. The second-order valence-electron chi connectivity index (χ2n) is 6.76. The number of hydrogen-bond acceptors (Lipinski definition) is 3. The molecule has 4 heteroatoms. The molecular weight excluding hydrogens is 250 g/mol. The van der Waals surface area contributed by atoms with Crippen molar-refractivity contribution in [2.75, 3.05) is 26.2 Å². The van der Waals surface area contributed by atoms with Crippen molar-refractivity contribution in [1.82, 2.24) is 10.2 Å². The van der Waals surface area contributed by atoms with Crippen LogP contribution in [0.25, 0.3) is 0 Å². The molecular formula is C16H31N3O. The molecule has 3 unspecified atom stereocenters. The van der Waals surface area contributed by atoms with Gasteiger partial charge in [-0.25, -0.2) is 0 Å². The Morgan fingerprint density at radius 3 is 2.80 bits per heavy atom. The monoisotopic (exact) mass is 281 g/mol. The SMILES string of the molecule is CC1CCCCC1NC(=O)CN1CCCC(CCN)C1. The maximum atomic E-state index is 12.2. The number of carbonyl (C=O) groups is 1. The Bertz CT molecular complexity index is 306. The molecule has 3 N–H and O–H groups in total. The van der Waals surface area contributed by atoms with E-state index in [0.29, 0.717) is 24.4 Å². The summed E-state index contributed by atoms with van der Waals surface area (Å²) in [6.07, 6.45) is 8.57. The Morgan fingerprint density at radius 2 is 2.05 bits per heavy atom. The van der Waals surface area contributed by atoms with Gasteiger partial charge < -0.3 is 11.1 Å². The van der Waals surface area contributed by atoms with Gasteiger partial charge in [-0.05, 0) is 57.0 Å². The van der Waals surface area contributed by atoms with Gasteiger partial charge in [0.1, 0.15) is 0 Å². The highest BCUT2D eigenvalue weighted by Crippen LogP contribution is 2.24. The van der Waals surface area contributed by atoms with Crippen LogP contribution < -0.4 is 11.1 Å². The summed E-state index contributed by atoms with van der Waals surface area (Å²) in [6, 6.07) is 0.404. The van der Waals surface area contributed by atoms with Crippen LogP contribution in [0.3, 0.4) is 0 Å². The summed E-state index contributed by atoms with van der Waals surface area (Å²) in [5, 5.41) is 3.26. The maximum absolute atomic E-state index is 12.2. The van der Waals surface area contributed by atoms with E-state index in [1.807, 2.05) is 0 Å². The molecule has 1 aliphatic heterocycles. The van der Waals surface area contributed by atoms with Crippen molar-refractivity contribution in [3.63, 3.8) is 0 Å². The standard InChI is InChI=1S/C16H31N3O/c1-13-5-2-3-7-15(13)18-16(20)12-19-10-4-6-14(11-19)8-9-17/h13-15H,2-12,17H2,1H3,(H,18,20). The van der Waals surface area contributed by atoms with Crippen molar-refractivity contribution >= 4 is 5.91 Å². The van der Waals surface area contributed by atoms with Gasteiger partial charge in [0.15, 0.2) is 0 Å². The second kappa shape index (κ2) is 7.99. The Morgan fingerprint density at radius 1 is 1.25 bits per heavy atom. The highest BCUT2D eigenvalue weighted by Gasteiger charge is 2.25. The molecule has 116 valence electrons. The van der Waals surface area contributed by atoms with Crippen molar-refractivity contribution in [2.24, 2.45) is 17.6 Å². The van der Waals surface area contributed by atoms with Crippen molar-refractivity contribution in [3.8, 4) is 0 Å². The lowest BCUT2D eigenvalue weighted by atomic mass is 9.86. The van der Waals surface area contributed by atoms with E-state index in [1.165, 1.54) is 32.1 Å². The summed E-state index contributed by atoms with van der Waals surface area (Å²) in [4.78, 5) is 14.5. The molecule has 0 radical (unpaired) electrons.